The molecule has 0 spiro atoms. The molecule has 0 unspecified atom stereocenters. The zero-order valence-electron chi connectivity index (χ0n) is 19.3. The highest BCUT2D eigenvalue weighted by atomic mass is 19.1. The number of benzene rings is 3. The second kappa shape index (κ2) is 12.2. The first-order chi connectivity index (χ1) is 16.6. The number of alkyl halides is 1. The van der Waals surface area contributed by atoms with Gasteiger partial charge in [0.1, 0.15) is 24.4 Å². The molecule has 0 radical (unpaired) electrons. The van der Waals surface area contributed by atoms with E-state index < -0.39 is 6.10 Å². The van der Waals surface area contributed by atoms with E-state index in [1.54, 1.807) is 24.3 Å². The Bertz CT molecular complexity index is 945. The van der Waals surface area contributed by atoms with Crippen molar-refractivity contribution in [2.75, 3.05) is 46.0 Å². The summed E-state index contributed by atoms with van der Waals surface area (Å²) >= 11 is 0. The molecule has 180 valence electrons. The Labute approximate surface area is 199 Å². The number of rotatable bonds is 10. The maximum absolute atomic E-state index is 13.8. The smallest absolute Gasteiger partial charge is 0.123 e. The second-order valence-electron chi connectivity index (χ2n) is 8.73. The molecule has 1 atom stereocenters. The zero-order chi connectivity index (χ0) is 23.8. The summed E-state index contributed by atoms with van der Waals surface area (Å²) in [6.45, 7) is 4.22. The van der Waals surface area contributed by atoms with Crippen molar-refractivity contribution < 1.29 is 17.9 Å². The Morgan fingerprint density at radius 2 is 1.29 bits per heavy atom. The summed E-state index contributed by atoms with van der Waals surface area (Å²) in [5.74, 6) is -0.614. The Kier molecular flexibility index (Phi) is 8.74. The van der Waals surface area contributed by atoms with E-state index in [1.165, 1.54) is 24.3 Å². The van der Waals surface area contributed by atoms with E-state index in [0.717, 1.165) is 55.8 Å². The van der Waals surface area contributed by atoms with Crippen LogP contribution in [0.15, 0.2) is 78.9 Å². The minimum atomic E-state index is -0.399. The lowest BCUT2D eigenvalue weighted by Gasteiger charge is -2.38. The van der Waals surface area contributed by atoms with Crippen LogP contribution in [0.25, 0.3) is 0 Å². The normalized spacial score (nSPS) is 16.1. The third kappa shape index (κ3) is 6.69. The highest BCUT2D eigenvalue weighted by molar-refractivity contribution is 5.30. The van der Waals surface area contributed by atoms with E-state index in [0.29, 0.717) is 6.61 Å². The van der Waals surface area contributed by atoms with Gasteiger partial charge in [0.25, 0.3) is 0 Å². The monoisotopic (exact) mass is 468 g/mol. The first-order valence-electron chi connectivity index (χ1n) is 11.8. The standard InChI is InChI=1S/C28H31F3N2O/c29-21-27(20-22-4-2-1-3-5-22)33-16-14-32(15-17-33)18-19-34-28(23-6-10-25(30)11-7-23)24-8-12-26(31)13-9-24/h1-13,27-28H,14-21H2/t27-/m0/s1. The number of nitrogens with zero attached hydrogens (tertiary/aromatic N) is 2. The summed E-state index contributed by atoms with van der Waals surface area (Å²) < 4.78 is 46.8. The molecule has 4 rings (SSSR count). The molecule has 0 saturated carbocycles. The fraction of sp³-hybridized carbons (Fsp3) is 0.357. The van der Waals surface area contributed by atoms with Crippen LogP contribution in [0.1, 0.15) is 22.8 Å². The highest BCUT2D eigenvalue weighted by Gasteiger charge is 2.24. The lowest BCUT2D eigenvalue weighted by molar-refractivity contribution is 0.0350. The van der Waals surface area contributed by atoms with Crippen molar-refractivity contribution in [1.29, 1.82) is 0 Å². The molecule has 6 heteroatoms. The van der Waals surface area contributed by atoms with Crippen molar-refractivity contribution in [2.24, 2.45) is 0 Å². The molecule has 0 bridgehead atoms. The summed E-state index contributed by atoms with van der Waals surface area (Å²) in [5.41, 5.74) is 2.81. The van der Waals surface area contributed by atoms with Crippen LogP contribution in [0.2, 0.25) is 0 Å². The molecule has 1 saturated heterocycles. The van der Waals surface area contributed by atoms with E-state index in [-0.39, 0.29) is 24.4 Å². The van der Waals surface area contributed by atoms with Gasteiger partial charge in [-0.2, -0.15) is 0 Å². The third-order valence-corrected chi connectivity index (χ3v) is 6.45. The molecule has 1 aliphatic heterocycles. The van der Waals surface area contributed by atoms with Crippen molar-refractivity contribution in [3.63, 3.8) is 0 Å². The van der Waals surface area contributed by atoms with Crippen LogP contribution in [0, 0.1) is 11.6 Å². The predicted molar refractivity (Wildman–Crippen MR) is 129 cm³/mol. The van der Waals surface area contributed by atoms with Gasteiger partial charge in [-0.15, -0.1) is 0 Å². The first kappa shape index (κ1) is 24.5. The first-order valence-corrected chi connectivity index (χ1v) is 11.8. The Hall–Kier alpha value is -2.67. The molecule has 3 aromatic rings. The molecule has 34 heavy (non-hydrogen) atoms. The molecule has 0 aromatic heterocycles. The Balaban J connectivity index is 1.29. The lowest BCUT2D eigenvalue weighted by atomic mass is 10.0. The Morgan fingerprint density at radius 1 is 0.735 bits per heavy atom. The molecule has 3 nitrogen and oxygen atoms in total. The summed E-state index contributed by atoms with van der Waals surface area (Å²) in [7, 11) is 0. The summed E-state index contributed by atoms with van der Waals surface area (Å²) in [5, 5.41) is 0. The van der Waals surface area contributed by atoms with Gasteiger partial charge in [-0.3, -0.25) is 9.80 Å². The van der Waals surface area contributed by atoms with E-state index in [9.17, 15) is 13.2 Å². The fourth-order valence-corrected chi connectivity index (χ4v) is 4.48. The van der Waals surface area contributed by atoms with Crippen LogP contribution < -0.4 is 0 Å². The van der Waals surface area contributed by atoms with Crippen LogP contribution in [-0.2, 0) is 11.2 Å². The molecular weight excluding hydrogens is 437 g/mol. The van der Waals surface area contributed by atoms with Gasteiger partial charge in [0.2, 0.25) is 0 Å². The molecule has 0 aliphatic carbocycles. The molecule has 1 fully saturated rings. The van der Waals surface area contributed by atoms with Gasteiger partial charge < -0.3 is 4.74 Å². The minimum absolute atomic E-state index is 0.0952. The van der Waals surface area contributed by atoms with Gasteiger partial charge in [-0.1, -0.05) is 54.6 Å². The van der Waals surface area contributed by atoms with E-state index in [2.05, 4.69) is 21.9 Å². The molecule has 1 aliphatic rings. The Morgan fingerprint density at radius 3 is 1.82 bits per heavy atom. The number of piperazine rings is 1. The van der Waals surface area contributed by atoms with Crippen molar-refractivity contribution >= 4 is 0 Å². The maximum Gasteiger partial charge on any atom is 0.123 e. The van der Waals surface area contributed by atoms with Crippen LogP contribution >= 0.6 is 0 Å². The van der Waals surface area contributed by atoms with Crippen molar-refractivity contribution in [3.05, 3.63) is 107 Å². The van der Waals surface area contributed by atoms with Gasteiger partial charge in [-0.25, -0.2) is 13.2 Å². The van der Waals surface area contributed by atoms with E-state index >= 15 is 0 Å². The van der Waals surface area contributed by atoms with Crippen LogP contribution in [0.4, 0.5) is 13.2 Å². The van der Waals surface area contributed by atoms with Gasteiger partial charge >= 0.3 is 0 Å². The number of ether oxygens (including phenoxy) is 1. The van der Waals surface area contributed by atoms with Gasteiger partial charge in [0.15, 0.2) is 0 Å². The summed E-state index contributed by atoms with van der Waals surface area (Å²) in [6, 6.07) is 22.4. The average molecular weight is 469 g/mol. The van der Waals surface area contributed by atoms with Crippen LogP contribution in [0.3, 0.4) is 0 Å². The van der Waals surface area contributed by atoms with Crippen molar-refractivity contribution in [3.8, 4) is 0 Å². The molecule has 3 aromatic carbocycles. The molecular formula is C28H31F3N2O. The average Bonchev–Trinajstić information content (AvgIpc) is 2.88. The predicted octanol–water partition coefficient (Wildman–Crippen LogP) is 5.27. The largest absolute Gasteiger partial charge is 0.367 e. The topological polar surface area (TPSA) is 15.7 Å². The number of hydrogen-bond donors (Lipinski definition) is 0. The van der Waals surface area contributed by atoms with Crippen LogP contribution in [0.5, 0.6) is 0 Å². The van der Waals surface area contributed by atoms with Crippen molar-refractivity contribution in [2.45, 2.75) is 18.6 Å². The molecule has 0 amide bonds. The molecule has 1 heterocycles. The quantitative estimate of drug-likeness (QED) is 0.403. The fourth-order valence-electron chi connectivity index (χ4n) is 4.48. The van der Waals surface area contributed by atoms with Crippen molar-refractivity contribution in [1.82, 2.24) is 9.80 Å². The third-order valence-electron chi connectivity index (χ3n) is 6.45. The van der Waals surface area contributed by atoms with Gasteiger partial charge in [0, 0.05) is 38.8 Å². The molecule has 0 N–H and O–H groups in total. The minimum Gasteiger partial charge on any atom is -0.367 e. The lowest BCUT2D eigenvalue weighted by Crippen LogP contribution is -2.52. The second-order valence-corrected chi connectivity index (χ2v) is 8.73. The summed E-state index contributed by atoms with van der Waals surface area (Å²) in [4.78, 5) is 4.56. The van der Waals surface area contributed by atoms with Gasteiger partial charge in [0.05, 0.1) is 6.61 Å². The SMILES string of the molecule is FC[C@H](Cc1ccccc1)N1CCN(CCOC(c2ccc(F)cc2)c2ccc(F)cc2)CC1. The maximum atomic E-state index is 13.8. The zero-order valence-corrected chi connectivity index (χ0v) is 19.3. The van der Waals surface area contributed by atoms with E-state index in [1.807, 2.05) is 18.2 Å². The van der Waals surface area contributed by atoms with Crippen LogP contribution in [-0.4, -0.2) is 61.8 Å². The number of halogens is 3. The number of hydrogen-bond acceptors (Lipinski definition) is 3. The highest BCUT2D eigenvalue weighted by Crippen LogP contribution is 2.26. The van der Waals surface area contributed by atoms with Gasteiger partial charge in [-0.05, 0) is 47.4 Å². The van der Waals surface area contributed by atoms with E-state index in [4.69, 9.17) is 4.74 Å². The summed E-state index contributed by atoms with van der Waals surface area (Å²) in [6.07, 6.45) is 0.321.